The molecule has 0 spiro atoms. The maximum Gasteiger partial charge on any atom is 0.303 e. The highest BCUT2D eigenvalue weighted by Crippen LogP contribution is 2.31. The molecule has 1 amide bonds. The lowest BCUT2D eigenvalue weighted by Crippen LogP contribution is -2.30. The number of likely N-dealkylation sites (N-methyl/N-ethyl adjacent to an activating group) is 1. The Kier molecular flexibility index (Phi) is 6.49. The second-order valence-corrected chi connectivity index (χ2v) is 6.15. The molecular weight excluding hydrogens is 324 g/mol. The largest absolute Gasteiger partial charge is 0.481 e. The van der Waals surface area contributed by atoms with Gasteiger partial charge in [0, 0.05) is 38.0 Å². The van der Waals surface area contributed by atoms with Crippen LogP contribution in [0.25, 0.3) is 0 Å². The van der Waals surface area contributed by atoms with Gasteiger partial charge in [-0.25, -0.2) is 0 Å². The van der Waals surface area contributed by atoms with E-state index in [1.807, 2.05) is 19.2 Å². The molecule has 0 radical (unpaired) electrons. The summed E-state index contributed by atoms with van der Waals surface area (Å²) in [5.41, 5.74) is 7.15. The van der Waals surface area contributed by atoms with Crippen LogP contribution in [0, 0.1) is 5.41 Å². The standard InChI is InChI=1S/C17H24N4O4/c1-21-10-13(11-4-6-12(7-5-11)17(18)19)14(25-21)9-15(22)20-8-2-3-16(23)24/h4-7,13-14H,2-3,8-10H2,1H3,(H3,18,19)(H,20,22)(H,23,24). The van der Waals surface area contributed by atoms with Gasteiger partial charge in [-0.15, -0.1) is 0 Å². The molecule has 1 fully saturated rings. The van der Waals surface area contributed by atoms with E-state index in [-0.39, 0.29) is 36.6 Å². The lowest BCUT2D eigenvalue weighted by molar-refractivity contribution is -0.142. The van der Waals surface area contributed by atoms with Gasteiger partial charge in [-0.05, 0) is 12.0 Å². The number of nitrogens with two attached hydrogens (primary N) is 1. The second kappa shape index (κ2) is 8.59. The van der Waals surface area contributed by atoms with Crippen LogP contribution in [0.2, 0.25) is 0 Å². The van der Waals surface area contributed by atoms with Crippen LogP contribution in [0.4, 0.5) is 0 Å². The fourth-order valence-electron chi connectivity index (χ4n) is 2.87. The van der Waals surface area contributed by atoms with E-state index in [1.165, 1.54) is 0 Å². The quantitative estimate of drug-likeness (QED) is 0.310. The van der Waals surface area contributed by atoms with Crippen molar-refractivity contribution in [3.8, 4) is 0 Å². The zero-order valence-corrected chi connectivity index (χ0v) is 14.2. The molecule has 2 rings (SSSR count). The zero-order valence-electron chi connectivity index (χ0n) is 14.2. The molecule has 2 unspecified atom stereocenters. The third kappa shape index (κ3) is 5.54. The van der Waals surface area contributed by atoms with E-state index >= 15 is 0 Å². The summed E-state index contributed by atoms with van der Waals surface area (Å²) < 4.78 is 0. The first kappa shape index (κ1) is 18.9. The van der Waals surface area contributed by atoms with Gasteiger partial charge >= 0.3 is 5.97 Å². The summed E-state index contributed by atoms with van der Waals surface area (Å²) in [6.07, 6.45) is 0.361. The number of rotatable bonds is 8. The lowest BCUT2D eigenvalue weighted by atomic mass is 9.91. The number of nitrogens with one attached hydrogen (secondary N) is 2. The van der Waals surface area contributed by atoms with E-state index in [1.54, 1.807) is 17.2 Å². The Morgan fingerprint density at radius 1 is 1.40 bits per heavy atom. The highest BCUT2D eigenvalue weighted by molar-refractivity contribution is 5.94. The first-order chi connectivity index (χ1) is 11.9. The summed E-state index contributed by atoms with van der Waals surface area (Å²) in [5, 5.41) is 20.5. The predicted octanol–water partition coefficient (Wildman–Crippen LogP) is 0.671. The average Bonchev–Trinajstić information content (AvgIpc) is 2.92. The maximum absolute atomic E-state index is 12.1. The highest BCUT2D eigenvalue weighted by Gasteiger charge is 2.34. The second-order valence-electron chi connectivity index (χ2n) is 6.15. The minimum Gasteiger partial charge on any atom is -0.481 e. The number of amidine groups is 1. The molecule has 5 N–H and O–H groups in total. The molecule has 1 saturated heterocycles. The third-order valence-electron chi connectivity index (χ3n) is 4.14. The number of amides is 1. The van der Waals surface area contributed by atoms with Crippen molar-refractivity contribution in [2.24, 2.45) is 5.73 Å². The summed E-state index contributed by atoms with van der Waals surface area (Å²) in [7, 11) is 1.82. The van der Waals surface area contributed by atoms with Gasteiger partial charge in [0.25, 0.3) is 0 Å². The number of carbonyl (C=O) groups excluding carboxylic acids is 1. The summed E-state index contributed by atoms with van der Waals surface area (Å²) in [5.74, 6) is -0.973. The van der Waals surface area contributed by atoms with Crippen molar-refractivity contribution in [3.63, 3.8) is 0 Å². The van der Waals surface area contributed by atoms with Crippen LogP contribution < -0.4 is 11.1 Å². The fourth-order valence-corrected chi connectivity index (χ4v) is 2.87. The Hall–Kier alpha value is -2.45. The Morgan fingerprint density at radius 3 is 2.68 bits per heavy atom. The molecule has 25 heavy (non-hydrogen) atoms. The predicted molar refractivity (Wildman–Crippen MR) is 92.2 cm³/mol. The number of aliphatic carboxylic acids is 1. The van der Waals surface area contributed by atoms with Crippen molar-refractivity contribution >= 4 is 17.7 Å². The topological polar surface area (TPSA) is 129 Å². The number of carboxylic acids is 1. The Bertz CT molecular complexity index is 632. The molecule has 0 aliphatic carbocycles. The van der Waals surface area contributed by atoms with Gasteiger partial charge in [-0.1, -0.05) is 24.3 Å². The number of hydrogen-bond donors (Lipinski definition) is 4. The van der Waals surface area contributed by atoms with Crippen LogP contribution in [0.5, 0.6) is 0 Å². The summed E-state index contributed by atoms with van der Waals surface area (Å²) in [6, 6.07) is 7.39. The van der Waals surface area contributed by atoms with E-state index in [0.717, 1.165) is 5.56 Å². The molecule has 1 aliphatic rings. The Balaban J connectivity index is 1.93. The molecule has 8 nitrogen and oxygen atoms in total. The average molecular weight is 348 g/mol. The molecule has 0 bridgehead atoms. The summed E-state index contributed by atoms with van der Waals surface area (Å²) in [6.45, 7) is 1.00. The van der Waals surface area contributed by atoms with Crippen molar-refractivity contribution in [2.75, 3.05) is 20.1 Å². The van der Waals surface area contributed by atoms with E-state index < -0.39 is 5.97 Å². The number of nitrogens with zero attached hydrogens (tertiary/aromatic N) is 1. The van der Waals surface area contributed by atoms with Gasteiger partial charge in [0.1, 0.15) is 5.84 Å². The van der Waals surface area contributed by atoms with Crippen molar-refractivity contribution in [1.29, 1.82) is 5.41 Å². The van der Waals surface area contributed by atoms with Crippen molar-refractivity contribution < 1.29 is 19.5 Å². The Morgan fingerprint density at radius 2 is 2.08 bits per heavy atom. The lowest BCUT2D eigenvalue weighted by Gasteiger charge is -2.17. The number of hydroxylamine groups is 2. The number of nitrogen functional groups attached to an aromatic ring is 1. The van der Waals surface area contributed by atoms with E-state index in [4.69, 9.17) is 21.1 Å². The van der Waals surface area contributed by atoms with Gasteiger partial charge in [0.05, 0.1) is 12.5 Å². The summed E-state index contributed by atoms with van der Waals surface area (Å²) in [4.78, 5) is 28.3. The monoisotopic (exact) mass is 348 g/mol. The molecule has 8 heteroatoms. The molecule has 1 aromatic carbocycles. The molecule has 2 atom stereocenters. The van der Waals surface area contributed by atoms with E-state index in [9.17, 15) is 9.59 Å². The molecule has 0 aromatic heterocycles. The van der Waals surface area contributed by atoms with Crippen LogP contribution in [0.15, 0.2) is 24.3 Å². The van der Waals surface area contributed by atoms with Gasteiger partial charge in [-0.2, -0.15) is 5.06 Å². The normalized spacial score (nSPS) is 20.4. The molecule has 1 aliphatic heterocycles. The van der Waals surface area contributed by atoms with E-state index in [2.05, 4.69) is 5.32 Å². The molecular formula is C17H24N4O4. The number of carbonyl (C=O) groups is 2. The summed E-state index contributed by atoms with van der Waals surface area (Å²) >= 11 is 0. The van der Waals surface area contributed by atoms with Crippen molar-refractivity contribution in [2.45, 2.75) is 31.3 Å². The Labute approximate surface area is 146 Å². The van der Waals surface area contributed by atoms with E-state index in [0.29, 0.717) is 25.1 Å². The van der Waals surface area contributed by atoms with Gasteiger partial charge in [0.15, 0.2) is 0 Å². The molecule has 0 saturated carbocycles. The van der Waals surface area contributed by atoms with Crippen LogP contribution in [0.3, 0.4) is 0 Å². The zero-order chi connectivity index (χ0) is 18.4. The van der Waals surface area contributed by atoms with Gasteiger partial charge < -0.3 is 16.2 Å². The third-order valence-corrected chi connectivity index (χ3v) is 4.14. The first-order valence-electron chi connectivity index (χ1n) is 8.17. The molecule has 1 aromatic rings. The first-order valence-corrected chi connectivity index (χ1v) is 8.17. The fraction of sp³-hybridized carbons (Fsp3) is 0.471. The SMILES string of the molecule is CN1CC(c2ccc(C(=N)N)cc2)C(CC(=O)NCCCC(=O)O)O1. The molecule has 1 heterocycles. The maximum atomic E-state index is 12.1. The van der Waals surface area contributed by atoms with Crippen LogP contribution >= 0.6 is 0 Å². The minimum absolute atomic E-state index is 0.0172. The minimum atomic E-state index is -0.871. The van der Waals surface area contributed by atoms with Crippen LogP contribution in [-0.2, 0) is 14.4 Å². The smallest absolute Gasteiger partial charge is 0.303 e. The number of carboxylic acid groups (broad SMARTS) is 1. The number of hydrogen-bond acceptors (Lipinski definition) is 5. The van der Waals surface area contributed by atoms with Crippen LogP contribution in [-0.4, -0.2) is 54.1 Å². The molecule has 136 valence electrons. The van der Waals surface area contributed by atoms with Crippen molar-refractivity contribution in [3.05, 3.63) is 35.4 Å². The van der Waals surface area contributed by atoms with Gasteiger partial charge in [0.2, 0.25) is 5.91 Å². The van der Waals surface area contributed by atoms with Gasteiger partial charge in [-0.3, -0.25) is 19.8 Å². The highest BCUT2D eigenvalue weighted by atomic mass is 16.7. The van der Waals surface area contributed by atoms with Crippen molar-refractivity contribution in [1.82, 2.24) is 10.4 Å². The van der Waals surface area contributed by atoms with Crippen LogP contribution in [0.1, 0.15) is 36.3 Å². The number of benzene rings is 1.